The van der Waals surface area contributed by atoms with E-state index in [0.29, 0.717) is 11.9 Å². The minimum Gasteiger partial charge on any atom is -0.370 e. The van der Waals surface area contributed by atoms with Crippen LogP contribution in [0.25, 0.3) is 10.9 Å². The lowest BCUT2D eigenvalue weighted by atomic mass is 10.2. The maximum atomic E-state index is 5.91. The summed E-state index contributed by atoms with van der Waals surface area (Å²) < 4.78 is 0. The maximum Gasteiger partial charge on any atom is 0.230 e. The average Bonchev–Trinajstić information content (AvgIpc) is 2.50. The Morgan fingerprint density at radius 1 is 1.17 bits per heavy atom. The first kappa shape index (κ1) is 17.1. The second kappa shape index (κ2) is 8.43. The van der Waals surface area contributed by atoms with Crippen LogP contribution in [0.3, 0.4) is 0 Å². The van der Waals surface area contributed by atoms with E-state index < -0.39 is 0 Å². The molecule has 0 atom stereocenters. The van der Waals surface area contributed by atoms with Crippen LogP contribution in [0.15, 0.2) is 29.3 Å². The van der Waals surface area contributed by atoms with Crippen LogP contribution in [0.1, 0.15) is 25.0 Å². The van der Waals surface area contributed by atoms with Gasteiger partial charge in [0.1, 0.15) is 0 Å². The minimum absolute atomic E-state index is 0.368. The molecule has 6 heteroatoms. The van der Waals surface area contributed by atoms with Crippen molar-refractivity contribution >= 4 is 22.8 Å². The Bertz CT molecular complexity index is 665. The SMILES string of the molecule is Cc1nc(NC(N)=NCCCCCN(C)C)nc2ccccc12. The van der Waals surface area contributed by atoms with Gasteiger partial charge in [-0.2, -0.15) is 0 Å². The molecule has 0 saturated heterocycles. The molecule has 0 amide bonds. The van der Waals surface area contributed by atoms with Crippen molar-refractivity contribution < 1.29 is 0 Å². The van der Waals surface area contributed by atoms with Gasteiger partial charge in [0.15, 0.2) is 5.96 Å². The zero-order valence-electron chi connectivity index (χ0n) is 14.2. The zero-order valence-corrected chi connectivity index (χ0v) is 14.2. The smallest absolute Gasteiger partial charge is 0.230 e. The van der Waals surface area contributed by atoms with Gasteiger partial charge in [-0.1, -0.05) is 24.6 Å². The van der Waals surface area contributed by atoms with Crippen molar-refractivity contribution in [2.45, 2.75) is 26.2 Å². The molecule has 0 spiro atoms. The first-order valence-corrected chi connectivity index (χ1v) is 8.01. The molecule has 23 heavy (non-hydrogen) atoms. The van der Waals surface area contributed by atoms with E-state index in [2.05, 4.69) is 39.3 Å². The van der Waals surface area contributed by atoms with E-state index in [1.54, 1.807) is 0 Å². The molecular formula is C17H26N6. The first-order chi connectivity index (χ1) is 11.1. The molecule has 0 bridgehead atoms. The minimum atomic E-state index is 0.368. The number of aryl methyl sites for hydroxylation is 1. The summed E-state index contributed by atoms with van der Waals surface area (Å²) in [6.07, 6.45) is 3.37. The quantitative estimate of drug-likeness (QED) is 0.466. The number of unbranched alkanes of at least 4 members (excludes halogenated alkanes) is 2. The summed E-state index contributed by atoms with van der Waals surface area (Å²) in [5.74, 6) is 0.863. The van der Waals surface area contributed by atoms with Crippen molar-refractivity contribution in [2.75, 3.05) is 32.5 Å². The second-order valence-electron chi connectivity index (χ2n) is 5.91. The van der Waals surface area contributed by atoms with Crippen molar-refractivity contribution in [3.8, 4) is 0 Å². The number of nitrogens with one attached hydrogen (secondary N) is 1. The number of nitrogens with two attached hydrogens (primary N) is 1. The van der Waals surface area contributed by atoms with Gasteiger partial charge in [-0.3, -0.25) is 10.3 Å². The molecule has 6 nitrogen and oxygen atoms in total. The lowest BCUT2D eigenvalue weighted by molar-refractivity contribution is 0.392. The molecule has 124 valence electrons. The van der Waals surface area contributed by atoms with Crippen LogP contribution >= 0.6 is 0 Å². The molecule has 1 aromatic heterocycles. The van der Waals surface area contributed by atoms with Crippen LogP contribution in [-0.2, 0) is 0 Å². The molecular weight excluding hydrogens is 288 g/mol. The van der Waals surface area contributed by atoms with Crippen LogP contribution < -0.4 is 11.1 Å². The van der Waals surface area contributed by atoms with Gasteiger partial charge in [-0.05, 0) is 46.5 Å². The van der Waals surface area contributed by atoms with E-state index in [1.165, 1.54) is 6.42 Å². The predicted molar refractivity (Wildman–Crippen MR) is 96.8 cm³/mol. The van der Waals surface area contributed by atoms with Crippen LogP contribution in [0.4, 0.5) is 5.95 Å². The predicted octanol–water partition coefficient (Wildman–Crippen LogP) is 2.40. The highest BCUT2D eigenvalue weighted by Crippen LogP contribution is 2.16. The van der Waals surface area contributed by atoms with Crippen molar-refractivity contribution in [1.29, 1.82) is 0 Å². The molecule has 0 aliphatic carbocycles. The van der Waals surface area contributed by atoms with Gasteiger partial charge < -0.3 is 10.6 Å². The summed E-state index contributed by atoms with van der Waals surface area (Å²) in [5.41, 5.74) is 7.74. The van der Waals surface area contributed by atoms with Gasteiger partial charge in [-0.25, -0.2) is 9.97 Å². The Balaban J connectivity index is 1.87. The monoisotopic (exact) mass is 314 g/mol. The fraction of sp³-hybridized carbons (Fsp3) is 0.471. The third kappa shape index (κ3) is 5.49. The Morgan fingerprint density at radius 2 is 1.96 bits per heavy atom. The number of hydrogen-bond donors (Lipinski definition) is 2. The van der Waals surface area contributed by atoms with E-state index in [-0.39, 0.29) is 0 Å². The van der Waals surface area contributed by atoms with Gasteiger partial charge in [0.2, 0.25) is 5.95 Å². The molecule has 2 rings (SSSR count). The fourth-order valence-corrected chi connectivity index (χ4v) is 2.36. The van der Waals surface area contributed by atoms with Crippen LogP contribution in [-0.4, -0.2) is 48.0 Å². The standard InChI is InChI=1S/C17H26N6/c1-13-14-9-5-6-10-15(14)21-17(20-13)22-16(18)19-11-7-4-8-12-23(2)3/h5-6,9-10H,4,7-8,11-12H2,1-3H3,(H3,18,19,20,21,22). The molecule has 0 fully saturated rings. The normalized spacial score (nSPS) is 12.1. The van der Waals surface area contributed by atoms with Crippen molar-refractivity contribution in [3.05, 3.63) is 30.0 Å². The van der Waals surface area contributed by atoms with E-state index in [1.807, 2.05) is 31.2 Å². The van der Waals surface area contributed by atoms with Crippen molar-refractivity contribution in [2.24, 2.45) is 10.7 Å². The summed E-state index contributed by atoms with van der Waals surface area (Å²) in [4.78, 5) is 15.4. The number of anilines is 1. The summed E-state index contributed by atoms with van der Waals surface area (Å²) in [6, 6.07) is 7.93. The number of fused-ring (bicyclic) bond motifs is 1. The molecule has 1 heterocycles. The lowest BCUT2D eigenvalue weighted by Crippen LogP contribution is -2.24. The number of guanidine groups is 1. The average molecular weight is 314 g/mol. The van der Waals surface area contributed by atoms with E-state index in [0.717, 1.165) is 42.5 Å². The first-order valence-electron chi connectivity index (χ1n) is 8.01. The van der Waals surface area contributed by atoms with Gasteiger partial charge in [0, 0.05) is 11.9 Å². The third-order valence-corrected chi connectivity index (χ3v) is 3.58. The molecule has 0 unspecified atom stereocenters. The molecule has 2 aromatic rings. The highest BCUT2D eigenvalue weighted by molar-refractivity contribution is 5.92. The largest absolute Gasteiger partial charge is 0.370 e. The van der Waals surface area contributed by atoms with Crippen molar-refractivity contribution in [1.82, 2.24) is 14.9 Å². The van der Waals surface area contributed by atoms with E-state index in [4.69, 9.17) is 5.73 Å². The number of benzene rings is 1. The maximum absolute atomic E-state index is 5.91. The number of aliphatic imine (C=N–C) groups is 1. The molecule has 1 aromatic carbocycles. The molecule has 0 radical (unpaired) electrons. The van der Waals surface area contributed by atoms with Crippen LogP contribution in [0.5, 0.6) is 0 Å². The summed E-state index contributed by atoms with van der Waals surface area (Å²) in [6.45, 7) is 3.80. The Morgan fingerprint density at radius 3 is 2.74 bits per heavy atom. The third-order valence-electron chi connectivity index (χ3n) is 3.58. The lowest BCUT2D eigenvalue weighted by Gasteiger charge is -2.08. The topological polar surface area (TPSA) is 79.4 Å². The zero-order chi connectivity index (χ0) is 16.7. The highest BCUT2D eigenvalue weighted by atomic mass is 15.2. The number of rotatable bonds is 7. The highest BCUT2D eigenvalue weighted by Gasteiger charge is 2.04. The molecule has 0 aliphatic rings. The number of hydrogen-bond acceptors (Lipinski definition) is 4. The van der Waals surface area contributed by atoms with Gasteiger partial charge in [0.05, 0.1) is 11.2 Å². The fourth-order valence-electron chi connectivity index (χ4n) is 2.36. The molecule has 0 aliphatic heterocycles. The Hall–Kier alpha value is -2.21. The van der Waals surface area contributed by atoms with E-state index >= 15 is 0 Å². The van der Waals surface area contributed by atoms with Crippen molar-refractivity contribution in [3.63, 3.8) is 0 Å². The Labute approximate surface area is 137 Å². The summed E-state index contributed by atoms with van der Waals surface area (Å²) >= 11 is 0. The van der Waals surface area contributed by atoms with Gasteiger partial charge in [-0.15, -0.1) is 0 Å². The number of nitrogens with zero attached hydrogens (tertiary/aromatic N) is 4. The Kier molecular flexibility index (Phi) is 6.29. The van der Waals surface area contributed by atoms with Gasteiger partial charge in [0.25, 0.3) is 0 Å². The van der Waals surface area contributed by atoms with Crippen LogP contribution in [0, 0.1) is 6.92 Å². The number of aromatic nitrogens is 2. The molecule has 0 saturated carbocycles. The second-order valence-corrected chi connectivity index (χ2v) is 5.91. The summed E-state index contributed by atoms with van der Waals surface area (Å²) in [7, 11) is 4.18. The number of para-hydroxylation sites is 1. The van der Waals surface area contributed by atoms with Crippen LogP contribution in [0.2, 0.25) is 0 Å². The summed E-state index contributed by atoms with van der Waals surface area (Å²) in [5, 5.41) is 4.03. The van der Waals surface area contributed by atoms with E-state index in [9.17, 15) is 0 Å². The van der Waals surface area contributed by atoms with Gasteiger partial charge >= 0.3 is 0 Å². The molecule has 3 N–H and O–H groups in total.